The van der Waals surface area contributed by atoms with Crippen LogP contribution >= 0.6 is 15.9 Å². The fourth-order valence-corrected chi connectivity index (χ4v) is 2.27. The summed E-state index contributed by atoms with van der Waals surface area (Å²) in [5, 5.41) is 7.26. The predicted molar refractivity (Wildman–Crippen MR) is 74.4 cm³/mol. The standard InChI is InChI=1S/C13H16BrN3O/c1-15-7-11-4-3-5-12(14)13(11)18-9-10-6-16-17(2)8-10/h3-6,8,15H,7,9H2,1-2H3. The number of benzene rings is 1. The van der Waals surface area contributed by atoms with Crippen LogP contribution in [0.3, 0.4) is 0 Å². The molecule has 5 heteroatoms. The minimum atomic E-state index is 0.521. The lowest BCUT2D eigenvalue weighted by atomic mass is 10.2. The van der Waals surface area contributed by atoms with Gasteiger partial charge in [-0.15, -0.1) is 0 Å². The minimum Gasteiger partial charge on any atom is -0.487 e. The molecule has 0 saturated carbocycles. The van der Waals surface area contributed by atoms with Gasteiger partial charge >= 0.3 is 0 Å². The summed E-state index contributed by atoms with van der Waals surface area (Å²) >= 11 is 3.52. The Balaban J connectivity index is 2.12. The van der Waals surface area contributed by atoms with E-state index in [1.54, 1.807) is 4.68 Å². The molecule has 0 atom stereocenters. The maximum atomic E-state index is 5.88. The Bertz CT molecular complexity index is 525. The van der Waals surface area contributed by atoms with Crippen LogP contribution in [0.4, 0.5) is 0 Å². The highest BCUT2D eigenvalue weighted by molar-refractivity contribution is 9.10. The van der Waals surface area contributed by atoms with Gasteiger partial charge in [0.25, 0.3) is 0 Å². The summed E-state index contributed by atoms with van der Waals surface area (Å²) < 4.78 is 8.62. The Morgan fingerprint density at radius 1 is 1.44 bits per heavy atom. The molecule has 0 saturated heterocycles. The van der Waals surface area contributed by atoms with E-state index in [2.05, 4.69) is 32.4 Å². The normalized spacial score (nSPS) is 10.6. The van der Waals surface area contributed by atoms with E-state index >= 15 is 0 Å². The molecule has 1 heterocycles. The quantitative estimate of drug-likeness (QED) is 0.922. The second-order valence-corrected chi connectivity index (χ2v) is 4.92. The highest BCUT2D eigenvalue weighted by Gasteiger charge is 2.08. The number of nitrogens with zero attached hydrogens (tertiary/aromatic N) is 2. The van der Waals surface area contributed by atoms with E-state index in [0.29, 0.717) is 6.61 Å². The molecular weight excluding hydrogens is 294 g/mol. The molecule has 2 rings (SSSR count). The summed E-state index contributed by atoms with van der Waals surface area (Å²) in [4.78, 5) is 0. The molecule has 0 aliphatic heterocycles. The van der Waals surface area contributed by atoms with E-state index in [0.717, 1.165) is 27.9 Å². The van der Waals surface area contributed by atoms with E-state index in [1.807, 2.05) is 38.6 Å². The van der Waals surface area contributed by atoms with E-state index in [9.17, 15) is 0 Å². The van der Waals surface area contributed by atoms with Crippen molar-refractivity contribution in [1.82, 2.24) is 15.1 Å². The van der Waals surface area contributed by atoms with Gasteiger partial charge in [0.05, 0.1) is 10.7 Å². The van der Waals surface area contributed by atoms with Crippen LogP contribution in [-0.4, -0.2) is 16.8 Å². The molecule has 1 aromatic carbocycles. The first-order valence-corrected chi connectivity index (χ1v) is 6.52. The van der Waals surface area contributed by atoms with Crippen LogP contribution in [0.2, 0.25) is 0 Å². The van der Waals surface area contributed by atoms with Gasteiger partial charge in [-0.2, -0.15) is 5.10 Å². The summed E-state index contributed by atoms with van der Waals surface area (Å²) in [6.45, 7) is 1.30. The number of para-hydroxylation sites is 1. The molecule has 0 unspecified atom stereocenters. The molecule has 18 heavy (non-hydrogen) atoms. The Hall–Kier alpha value is -1.33. The van der Waals surface area contributed by atoms with Crippen LogP contribution in [0, 0.1) is 0 Å². The van der Waals surface area contributed by atoms with Crippen molar-refractivity contribution in [3.8, 4) is 5.75 Å². The largest absolute Gasteiger partial charge is 0.487 e. The third kappa shape index (κ3) is 3.11. The van der Waals surface area contributed by atoms with Crippen molar-refractivity contribution in [3.05, 3.63) is 46.2 Å². The second kappa shape index (κ2) is 6.02. The second-order valence-electron chi connectivity index (χ2n) is 4.07. The zero-order valence-corrected chi connectivity index (χ0v) is 12.1. The molecule has 96 valence electrons. The van der Waals surface area contributed by atoms with Gasteiger partial charge in [0.2, 0.25) is 0 Å². The summed E-state index contributed by atoms with van der Waals surface area (Å²) in [6.07, 6.45) is 3.77. The minimum absolute atomic E-state index is 0.521. The number of hydrogen-bond acceptors (Lipinski definition) is 3. The SMILES string of the molecule is CNCc1cccc(Br)c1OCc1cnn(C)c1. The molecule has 1 N–H and O–H groups in total. The van der Waals surface area contributed by atoms with Crippen molar-refractivity contribution in [2.45, 2.75) is 13.2 Å². The number of hydrogen-bond donors (Lipinski definition) is 1. The summed E-state index contributed by atoms with van der Waals surface area (Å²) in [7, 11) is 3.82. The Labute approximate surface area is 115 Å². The number of aromatic nitrogens is 2. The number of halogens is 1. The van der Waals surface area contributed by atoms with Crippen LogP contribution in [0.25, 0.3) is 0 Å². The van der Waals surface area contributed by atoms with Crippen molar-refractivity contribution in [3.63, 3.8) is 0 Å². The lowest BCUT2D eigenvalue weighted by molar-refractivity contribution is 0.300. The van der Waals surface area contributed by atoms with Gasteiger partial charge in [0, 0.05) is 30.9 Å². The first-order valence-electron chi connectivity index (χ1n) is 5.73. The molecule has 0 amide bonds. The fourth-order valence-electron chi connectivity index (χ4n) is 1.75. The van der Waals surface area contributed by atoms with Crippen LogP contribution in [0.5, 0.6) is 5.75 Å². The first-order chi connectivity index (χ1) is 8.70. The van der Waals surface area contributed by atoms with Gasteiger partial charge in [0.1, 0.15) is 12.4 Å². The molecule has 0 spiro atoms. The predicted octanol–water partition coefficient (Wildman–Crippen LogP) is 2.48. The highest BCUT2D eigenvalue weighted by atomic mass is 79.9. The summed E-state index contributed by atoms with van der Waals surface area (Å²) in [5.74, 6) is 0.885. The Morgan fingerprint density at radius 2 is 2.28 bits per heavy atom. The van der Waals surface area contributed by atoms with Crippen LogP contribution in [0.15, 0.2) is 35.1 Å². The molecular formula is C13H16BrN3O. The zero-order chi connectivity index (χ0) is 13.0. The van der Waals surface area contributed by atoms with Gasteiger partial charge in [-0.3, -0.25) is 4.68 Å². The van der Waals surface area contributed by atoms with Gasteiger partial charge in [-0.05, 0) is 29.0 Å². The molecule has 0 aliphatic rings. The maximum Gasteiger partial charge on any atom is 0.138 e. The number of rotatable bonds is 5. The van der Waals surface area contributed by atoms with Crippen molar-refractivity contribution in [2.75, 3.05) is 7.05 Å². The van der Waals surface area contributed by atoms with Crippen molar-refractivity contribution in [1.29, 1.82) is 0 Å². The summed E-state index contributed by atoms with van der Waals surface area (Å²) in [6, 6.07) is 6.05. The number of nitrogens with one attached hydrogen (secondary N) is 1. The average Bonchev–Trinajstić information content (AvgIpc) is 2.75. The first kappa shape index (κ1) is 13.1. The highest BCUT2D eigenvalue weighted by Crippen LogP contribution is 2.29. The summed E-state index contributed by atoms with van der Waals surface area (Å²) in [5.41, 5.74) is 2.19. The van der Waals surface area contributed by atoms with Crippen LogP contribution < -0.4 is 10.1 Å². The topological polar surface area (TPSA) is 39.1 Å². The third-order valence-corrected chi connectivity index (χ3v) is 3.18. The Morgan fingerprint density at radius 3 is 2.94 bits per heavy atom. The van der Waals surface area contributed by atoms with Crippen molar-refractivity contribution < 1.29 is 4.74 Å². The van der Waals surface area contributed by atoms with Gasteiger partial charge < -0.3 is 10.1 Å². The average molecular weight is 310 g/mol. The fraction of sp³-hybridized carbons (Fsp3) is 0.308. The molecule has 0 radical (unpaired) electrons. The van der Waals surface area contributed by atoms with Crippen molar-refractivity contribution in [2.24, 2.45) is 7.05 Å². The smallest absolute Gasteiger partial charge is 0.138 e. The molecule has 4 nitrogen and oxygen atoms in total. The van der Waals surface area contributed by atoms with Gasteiger partial charge in [0.15, 0.2) is 0 Å². The van der Waals surface area contributed by atoms with Crippen LogP contribution in [-0.2, 0) is 20.2 Å². The molecule has 0 aliphatic carbocycles. The van der Waals surface area contributed by atoms with Crippen LogP contribution in [0.1, 0.15) is 11.1 Å². The maximum absolute atomic E-state index is 5.88. The van der Waals surface area contributed by atoms with Gasteiger partial charge in [-0.25, -0.2) is 0 Å². The third-order valence-electron chi connectivity index (χ3n) is 2.56. The number of ether oxygens (including phenoxy) is 1. The van der Waals surface area contributed by atoms with Gasteiger partial charge in [-0.1, -0.05) is 12.1 Å². The molecule has 0 bridgehead atoms. The molecule has 0 fully saturated rings. The Kier molecular flexibility index (Phi) is 4.38. The number of aryl methyl sites for hydroxylation is 1. The van der Waals surface area contributed by atoms with E-state index in [4.69, 9.17) is 4.74 Å². The van der Waals surface area contributed by atoms with E-state index in [1.165, 1.54) is 0 Å². The lowest BCUT2D eigenvalue weighted by Gasteiger charge is -2.12. The molecule has 2 aromatic rings. The van der Waals surface area contributed by atoms with E-state index in [-0.39, 0.29) is 0 Å². The van der Waals surface area contributed by atoms with Crippen molar-refractivity contribution >= 4 is 15.9 Å². The monoisotopic (exact) mass is 309 g/mol. The lowest BCUT2D eigenvalue weighted by Crippen LogP contribution is -2.07. The molecule has 1 aromatic heterocycles. The zero-order valence-electron chi connectivity index (χ0n) is 10.5. The van der Waals surface area contributed by atoms with E-state index < -0.39 is 0 Å².